The first-order valence-corrected chi connectivity index (χ1v) is 8.24. The number of para-hydroxylation sites is 1. The number of carboxylic acid groups (broad SMARTS) is 1. The van der Waals surface area contributed by atoms with Gasteiger partial charge in [0.1, 0.15) is 0 Å². The zero-order chi connectivity index (χ0) is 16.1. The first-order chi connectivity index (χ1) is 10.3. The van der Waals surface area contributed by atoms with Gasteiger partial charge in [0.2, 0.25) is 0 Å². The van der Waals surface area contributed by atoms with E-state index in [4.69, 9.17) is 10.9 Å². The number of aromatic nitrogens is 2. The summed E-state index contributed by atoms with van der Waals surface area (Å²) in [6.07, 6.45) is 1.10. The van der Waals surface area contributed by atoms with E-state index in [2.05, 4.69) is 4.98 Å². The molecule has 114 valence electrons. The fourth-order valence-electron chi connectivity index (χ4n) is 2.24. The topological polar surface area (TPSA) is 141 Å². The van der Waals surface area contributed by atoms with Crippen LogP contribution in [0.1, 0.15) is 10.5 Å². The number of anilines is 1. The molecule has 22 heavy (non-hydrogen) atoms. The molecule has 0 atom stereocenters. The molecular formula is C12H10N4O4S2. The molecule has 8 nitrogen and oxygen atoms in total. The largest absolute Gasteiger partial charge is 0.477 e. The maximum Gasteiger partial charge on any atom is 0.354 e. The van der Waals surface area contributed by atoms with Crippen molar-refractivity contribution in [3.63, 3.8) is 0 Å². The number of fused-ring (bicyclic) bond motifs is 1. The molecule has 0 saturated carbocycles. The third-order valence-corrected chi connectivity index (χ3v) is 4.76. The maximum absolute atomic E-state index is 11.5. The lowest BCUT2D eigenvalue weighted by atomic mass is 10.1. The van der Waals surface area contributed by atoms with Crippen molar-refractivity contribution in [3.8, 4) is 11.1 Å². The molecule has 0 aliphatic rings. The summed E-state index contributed by atoms with van der Waals surface area (Å²) in [5.41, 5.74) is 6.43. The molecule has 0 radical (unpaired) electrons. The van der Waals surface area contributed by atoms with Crippen LogP contribution in [-0.2, 0) is 10.2 Å². The Morgan fingerprint density at radius 2 is 2.00 bits per heavy atom. The van der Waals surface area contributed by atoms with Crippen LogP contribution in [0.5, 0.6) is 0 Å². The zero-order valence-electron chi connectivity index (χ0n) is 10.9. The predicted octanol–water partition coefficient (Wildman–Crippen LogP) is 1.10. The molecule has 5 N–H and O–H groups in total. The molecule has 0 saturated heterocycles. The van der Waals surface area contributed by atoms with Gasteiger partial charge in [-0.25, -0.2) is 18.9 Å². The van der Waals surface area contributed by atoms with Gasteiger partial charge in [-0.2, -0.15) is 8.42 Å². The normalized spacial score (nSPS) is 11.9. The number of carboxylic acids is 1. The highest BCUT2D eigenvalue weighted by atomic mass is 32.2. The number of aromatic carboxylic acids is 1. The van der Waals surface area contributed by atoms with Crippen LogP contribution in [0.2, 0.25) is 0 Å². The number of hydrogen-bond acceptors (Lipinski definition) is 6. The van der Waals surface area contributed by atoms with Gasteiger partial charge in [0.25, 0.3) is 0 Å². The van der Waals surface area contributed by atoms with Crippen molar-refractivity contribution in [3.05, 3.63) is 36.2 Å². The van der Waals surface area contributed by atoms with Gasteiger partial charge in [-0.05, 0) is 12.1 Å². The summed E-state index contributed by atoms with van der Waals surface area (Å²) in [6.45, 7) is 0. The minimum atomic E-state index is -4.22. The third-order valence-electron chi connectivity index (χ3n) is 3.05. The molecule has 0 aliphatic heterocycles. The van der Waals surface area contributed by atoms with E-state index in [0.29, 0.717) is 20.2 Å². The van der Waals surface area contributed by atoms with Crippen molar-refractivity contribution in [1.82, 2.24) is 8.96 Å². The molecule has 10 heteroatoms. The molecule has 3 rings (SSSR count). The number of nitrogens with zero attached hydrogens (tertiary/aromatic N) is 2. The summed E-state index contributed by atoms with van der Waals surface area (Å²) < 4.78 is 24.3. The highest BCUT2D eigenvalue weighted by Crippen LogP contribution is 2.34. The minimum absolute atomic E-state index is 0.206. The summed E-state index contributed by atoms with van der Waals surface area (Å²) in [5.74, 6) is -1.41. The molecule has 0 fully saturated rings. The number of benzene rings is 1. The monoisotopic (exact) mass is 338 g/mol. The van der Waals surface area contributed by atoms with Crippen LogP contribution in [0.25, 0.3) is 21.3 Å². The number of thiazole rings is 1. The summed E-state index contributed by atoms with van der Waals surface area (Å²) in [6, 6.07) is 6.54. The van der Waals surface area contributed by atoms with Crippen LogP contribution >= 0.6 is 11.3 Å². The average molecular weight is 338 g/mol. The molecule has 0 spiro atoms. The van der Waals surface area contributed by atoms with Crippen LogP contribution in [0, 0.1) is 0 Å². The summed E-state index contributed by atoms with van der Waals surface area (Å²) >= 11 is 1.26. The van der Waals surface area contributed by atoms with Crippen molar-refractivity contribution in [1.29, 1.82) is 0 Å². The van der Waals surface area contributed by atoms with Crippen LogP contribution in [0.4, 0.5) is 5.13 Å². The number of hydrogen-bond donors (Lipinski definition) is 3. The Kier molecular flexibility index (Phi) is 3.16. The molecule has 3 aromatic rings. The van der Waals surface area contributed by atoms with E-state index in [1.54, 1.807) is 18.2 Å². The average Bonchev–Trinajstić information content (AvgIpc) is 2.98. The first kappa shape index (κ1) is 14.5. The smallest absolute Gasteiger partial charge is 0.354 e. The van der Waals surface area contributed by atoms with Gasteiger partial charge in [0.05, 0.1) is 10.2 Å². The second kappa shape index (κ2) is 4.80. The van der Waals surface area contributed by atoms with E-state index in [1.807, 2.05) is 0 Å². The molecule has 0 amide bonds. The van der Waals surface area contributed by atoms with E-state index in [9.17, 15) is 18.3 Å². The highest BCUT2D eigenvalue weighted by Gasteiger charge is 2.24. The van der Waals surface area contributed by atoms with Gasteiger partial charge in [0.15, 0.2) is 10.8 Å². The molecule has 0 bridgehead atoms. The lowest BCUT2D eigenvalue weighted by Crippen LogP contribution is -2.24. The summed E-state index contributed by atoms with van der Waals surface area (Å²) in [4.78, 5) is 15.7. The highest BCUT2D eigenvalue weighted by molar-refractivity contribution is 7.87. The quantitative estimate of drug-likeness (QED) is 0.653. The standard InChI is InChI=1S/C12H10N4O4S2/c13-12-15-9-6(2-1-3-8(9)21-12)7-4-5-16(22(14,19)20)10(7)11(17)18/h1-5H,(H2,13,15)(H,17,18)(H2,14,19,20). The van der Waals surface area contributed by atoms with Crippen molar-refractivity contribution < 1.29 is 18.3 Å². The Labute approximate surface area is 128 Å². The lowest BCUT2D eigenvalue weighted by molar-refractivity contribution is 0.0690. The van der Waals surface area contributed by atoms with E-state index < -0.39 is 21.9 Å². The second-order valence-corrected chi connectivity index (χ2v) is 6.91. The summed E-state index contributed by atoms with van der Waals surface area (Å²) in [7, 11) is -4.22. The Balaban J connectivity index is 2.37. The number of nitrogens with two attached hydrogens (primary N) is 2. The van der Waals surface area contributed by atoms with Crippen molar-refractivity contribution >= 4 is 42.9 Å². The Morgan fingerprint density at radius 3 is 2.64 bits per heavy atom. The Hall–Kier alpha value is -2.43. The fraction of sp³-hybridized carbons (Fsp3) is 0. The van der Waals surface area contributed by atoms with E-state index in [-0.39, 0.29) is 5.56 Å². The van der Waals surface area contributed by atoms with Crippen LogP contribution < -0.4 is 10.9 Å². The van der Waals surface area contributed by atoms with Gasteiger partial charge in [-0.15, -0.1) is 0 Å². The van der Waals surface area contributed by atoms with Gasteiger partial charge >= 0.3 is 16.2 Å². The van der Waals surface area contributed by atoms with Gasteiger partial charge in [-0.1, -0.05) is 23.5 Å². The van der Waals surface area contributed by atoms with E-state index in [1.165, 1.54) is 17.4 Å². The number of carbonyl (C=O) groups is 1. The SMILES string of the molecule is Nc1nc2c(-c3ccn(S(N)(=O)=O)c3C(=O)O)cccc2s1. The van der Waals surface area contributed by atoms with Crippen molar-refractivity contribution in [2.75, 3.05) is 5.73 Å². The van der Waals surface area contributed by atoms with Gasteiger partial charge in [-0.3, -0.25) is 0 Å². The zero-order valence-corrected chi connectivity index (χ0v) is 12.6. The Bertz CT molecular complexity index is 1000. The van der Waals surface area contributed by atoms with Gasteiger partial charge in [0, 0.05) is 17.3 Å². The lowest BCUT2D eigenvalue weighted by Gasteiger charge is -2.06. The molecular weight excluding hydrogens is 328 g/mol. The fourth-order valence-corrected chi connectivity index (χ4v) is 3.66. The van der Waals surface area contributed by atoms with Crippen LogP contribution in [-0.4, -0.2) is 28.5 Å². The predicted molar refractivity (Wildman–Crippen MR) is 82.9 cm³/mol. The van der Waals surface area contributed by atoms with Crippen LogP contribution in [0.15, 0.2) is 30.5 Å². The van der Waals surface area contributed by atoms with E-state index >= 15 is 0 Å². The molecule has 1 aromatic carbocycles. The van der Waals surface area contributed by atoms with E-state index in [0.717, 1.165) is 10.9 Å². The second-order valence-electron chi connectivity index (χ2n) is 4.43. The van der Waals surface area contributed by atoms with Crippen molar-refractivity contribution in [2.45, 2.75) is 0 Å². The molecule has 0 aliphatic carbocycles. The number of nitrogen functional groups attached to an aromatic ring is 1. The number of rotatable bonds is 3. The minimum Gasteiger partial charge on any atom is -0.477 e. The van der Waals surface area contributed by atoms with Crippen LogP contribution in [0.3, 0.4) is 0 Å². The molecule has 2 aromatic heterocycles. The third kappa shape index (κ3) is 2.22. The summed E-state index contributed by atoms with van der Waals surface area (Å²) in [5, 5.41) is 14.7. The van der Waals surface area contributed by atoms with Crippen molar-refractivity contribution in [2.24, 2.45) is 5.14 Å². The Morgan fingerprint density at radius 1 is 1.27 bits per heavy atom. The molecule has 0 unspecified atom stereocenters. The maximum atomic E-state index is 11.5. The molecule has 2 heterocycles. The van der Waals surface area contributed by atoms with Gasteiger partial charge < -0.3 is 10.8 Å². The first-order valence-electron chi connectivity index (χ1n) is 5.92.